The minimum absolute atomic E-state index is 0.527. The Balaban J connectivity index is 1.34. The number of nitrogens with one attached hydrogen (secondary N) is 2. The molecule has 2 aromatic rings. The van der Waals surface area contributed by atoms with Crippen molar-refractivity contribution in [2.45, 2.75) is 82.8 Å². The first-order valence-electron chi connectivity index (χ1n) is 11.0. The number of rotatable bonds is 7. The summed E-state index contributed by atoms with van der Waals surface area (Å²) < 4.78 is 7.58. The molecule has 0 amide bonds. The van der Waals surface area contributed by atoms with Gasteiger partial charge in [0, 0.05) is 25.2 Å². The molecule has 152 valence electrons. The molecule has 2 saturated carbocycles. The minimum atomic E-state index is 0.527. The van der Waals surface area contributed by atoms with Crippen molar-refractivity contribution in [3.05, 3.63) is 42.1 Å². The number of aliphatic imine (C=N–C) groups is 1. The van der Waals surface area contributed by atoms with Gasteiger partial charge in [-0.3, -0.25) is 4.68 Å². The van der Waals surface area contributed by atoms with Crippen molar-refractivity contribution in [1.29, 1.82) is 0 Å². The predicted molar refractivity (Wildman–Crippen MR) is 111 cm³/mol. The Morgan fingerprint density at radius 2 is 1.93 bits per heavy atom. The first-order valence-corrected chi connectivity index (χ1v) is 11.0. The lowest BCUT2D eigenvalue weighted by atomic mass is 9.96. The SMILES string of the molecule is c1coc(CCNC(=NCc2ccn(C3CCCC3)n2)NC2CCCCC2)c1. The molecule has 4 rings (SSSR count). The maximum atomic E-state index is 5.43. The standard InChI is InChI=1S/C22H33N5O/c1-2-7-18(8-3-1)25-22(23-14-12-21-11-6-16-28-21)24-17-19-13-15-27(26-19)20-9-4-5-10-20/h6,11,13,15-16,18,20H,1-5,7-10,12,14,17H2,(H2,23,24,25). The smallest absolute Gasteiger partial charge is 0.191 e. The number of aromatic nitrogens is 2. The zero-order valence-corrected chi connectivity index (χ0v) is 16.8. The lowest BCUT2D eigenvalue weighted by Gasteiger charge is -2.25. The Kier molecular flexibility index (Phi) is 6.68. The van der Waals surface area contributed by atoms with Gasteiger partial charge in [0.15, 0.2) is 5.96 Å². The van der Waals surface area contributed by atoms with E-state index in [4.69, 9.17) is 14.5 Å². The average molecular weight is 384 g/mol. The minimum Gasteiger partial charge on any atom is -0.469 e. The Labute approximate surface area is 167 Å². The summed E-state index contributed by atoms with van der Waals surface area (Å²) >= 11 is 0. The van der Waals surface area contributed by atoms with Crippen LogP contribution in [0.4, 0.5) is 0 Å². The molecule has 0 aliphatic heterocycles. The fourth-order valence-electron chi connectivity index (χ4n) is 4.35. The van der Waals surface area contributed by atoms with Crippen LogP contribution < -0.4 is 10.6 Å². The second-order valence-electron chi connectivity index (χ2n) is 8.13. The van der Waals surface area contributed by atoms with Crippen LogP contribution in [0.5, 0.6) is 0 Å². The van der Waals surface area contributed by atoms with Crippen molar-refractivity contribution in [1.82, 2.24) is 20.4 Å². The molecule has 0 unspecified atom stereocenters. The molecular formula is C22H33N5O. The van der Waals surface area contributed by atoms with Gasteiger partial charge in [-0.2, -0.15) is 5.10 Å². The van der Waals surface area contributed by atoms with Gasteiger partial charge in [-0.25, -0.2) is 4.99 Å². The fourth-order valence-corrected chi connectivity index (χ4v) is 4.35. The van der Waals surface area contributed by atoms with E-state index >= 15 is 0 Å². The van der Waals surface area contributed by atoms with E-state index in [1.807, 2.05) is 12.1 Å². The van der Waals surface area contributed by atoms with Crippen LogP contribution in [-0.2, 0) is 13.0 Å². The van der Waals surface area contributed by atoms with Gasteiger partial charge in [0.1, 0.15) is 5.76 Å². The zero-order valence-electron chi connectivity index (χ0n) is 16.8. The quantitative estimate of drug-likeness (QED) is 0.555. The highest BCUT2D eigenvalue weighted by Gasteiger charge is 2.18. The van der Waals surface area contributed by atoms with Gasteiger partial charge in [0.05, 0.1) is 24.5 Å². The van der Waals surface area contributed by atoms with E-state index in [1.165, 1.54) is 57.8 Å². The molecule has 0 spiro atoms. The van der Waals surface area contributed by atoms with Crippen LogP contribution in [0.25, 0.3) is 0 Å². The van der Waals surface area contributed by atoms with Crippen LogP contribution >= 0.6 is 0 Å². The Morgan fingerprint density at radius 1 is 1.11 bits per heavy atom. The van der Waals surface area contributed by atoms with Crippen LogP contribution in [0.1, 0.15) is 75.3 Å². The second kappa shape index (κ2) is 9.80. The van der Waals surface area contributed by atoms with Gasteiger partial charge >= 0.3 is 0 Å². The molecule has 28 heavy (non-hydrogen) atoms. The summed E-state index contributed by atoms with van der Waals surface area (Å²) in [6.07, 6.45) is 16.3. The topological polar surface area (TPSA) is 67.4 Å². The highest BCUT2D eigenvalue weighted by Crippen LogP contribution is 2.28. The Hall–Kier alpha value is -2.24. The lowest BCUT2D eigenvalue weighted by Crippen LogP contribution is -2.44. The van der Waals surface area contributed by atoms with Crippen LogP contribution in [-0.4, -0.2) is 28.3 Å². The molecule has 0 atom stereocenters. The molecule has 2 aliphatic carbocycles. The van der Waals surface area contributed by atoms with Gasteiger partial charge in [-0.05, 0) is 43.9 Å². The second-order valence-corrected chi connectivity index (χ2v) is 8.13. The molecule has 0 aromatic carbocycles. The maximum Gasteiger partial charge on any atom is 0.191 e. The molecule has 0 bridgehead atoms. The van der Waals surface area contributed by atoms with Crippen LogP contribution in [0, 0.1) is 0 Å². The van der Waals surface area contributed by atoms with E-state index in [0.29, 0.717) is 18.6 Å². The summed E-state index contributed by atoms with van der Waals surface area (Å²) in [4.78, 5) is 4.83. The molecular weight excluding hydrogens is 350 g/mol. The maximum absolute atomic E-state index is 5.43. The van der Waals surface area contributed by atoms with E-state index in [0.717, 1.165) is 30.4 Å². The number of guanidine groups is 1. The van der Waals surface area contributed by atoms with Crippen molar-refractivity contribution in [3.63, 3.8) is 0 Å². The first-order chi connectivity index (χ1) is 13.9. The molecule has 2 N–H and O–H groups in total. The van der Waals surface area contributed by atoms with Crippen LogP contribution in [0.15, 0.2) is 40.1 Å². The molecule has 2 aromatic heterocycles. The molecule has 6 heteroatoms. The summed E-state index contributed by atoms with van der Waals surface area (Å²) in [6, 6.07) is 7.18. The van der Waals surface area contributed by atoms with Crippen molar-refractivity contribution in [3.8, 4) is 0 Å². The molecule has 0 radical (unpaired) electrons. The van der Waals surface area contributed by atoms with Crippen molar-refractivity contribution in [2.24, 2.45) is 4.99 Å². The Bertz CT molecular complexity index is 724. The van der Waals surface area contributed by atoms with E-state index < -0.39 is 0 Å². The van der Waals surface area contributed by atoms with Gasteiger partial charge in [-0.1, -0.05) is 32.1 Å². The third-order valence-corrected chi connectivity index (χ3v) is 5.95. The highest BCUT2D eigenvalue weighted by molar-refractivity contribution is 5.80. The van der Waals surface area contributed by atoms with Gasteiger partial charge < -0.3 is 15.1 Å². The summed E-state index contributed by atoms with van der Waals surface area (Å²) in [5.41, 5.74) is 1.04. The molecule has 0 saturated heterocycles. The van der Waals surface area contributed by atoms with Crippen LogP contribution in [0.3, 0.4) is 0 Å². The van der Waals surface area contributed by atoms with Crippen molar-refractivity contribution < 1.29 is 4.42 Å². The van der Waals surface area contributed by atoms with E-state index in [1.54, 1.807) is 6.26 Å². The van der Waals surface area contributed by atoms with Crippen molar-refractivity contribution >= 4 is 5.96 Å². The van der Waals surface area contributed by atoms with Crippen LogP contribution in [0.2, 0.25) is 0 Å². The third kappa shape index (κ3) is 5.40. The average Bonchev–Trinajstić information content (AvgIpc) is 3.49. The first kappa shape index (κ1) is 19.1. The normalized spacial score (nSPS) is 19.2. The van der Waals surface area contributed by atoms with E-state index in [9.17, 15) is 0 Å². The molecule has 2 heterocycles. The summed E-state index contributed by atoms with van der Waals surface area (Å²) in [6.45, 7) is 1.42. The van der Waals surface area contributed by atoms with E-state index in [-0.39, 0.29) is 0 Å². The molecule has 6 nitrogen and oxygen atoms in total. The summed E-state index contributed by atoms with van der Waals surface area (Å²) in [5.74, 6) is 1.90. The number of nitrogens with zero attached hydrogens (tertiary/aromatic N) is 3. The monoisotopic (exact) mass is 383 g/mol. The van der Waals surface area contributed by atoms with Crippen molar-refractivity contribution in [2.75, 3.05) is 6.54 Å². The predicted octanol–water partition coefficient (Wildman–Crippen LogP) is 4.20. The zero-order chi connectivity index (χ0) is 19.0. The number of furan rings is 1. The Morgan fingerprint density at radius 3 is 2.71 bits per heavy atom. The highest BCUT2D eigenvalue weighted by atomic mass is 16.3. The summed E-state index contributed by atoms with van der Waals surface area (Å²) in [7, 11) is 0. The fraction of sp³-hybridized carbons (Fsp3) is 0.636. The number of hydrogen-bond acceptors (Lipinski definition) is 3. The van der Waals surface area contributed by atoms with E-state index in [2.05, 4.69) is 27.6 Å². The summed E-state index contributed by atoms with van der Waals surface area (Å²) in [5, 5.41) is 11.9. The molecule has 2 fully saturated rings. The third-order valence-electron chi connectivity index (χ3n) is 5.95. The van der Waals surface area contributed by atoms with Gasteiger partial charge in [0.2, 0.25) is 0 Å². The number of hydrogen-bond donors (Lipinski definition) is 2. The van der Waals surface area contributed by atoms with Gasteiger partial charge in [-0.15, -0.1) is 0 Å². The van der Waals surface area contributed by atoms with Gasteiger partial charge in [0.25, 0.3) is 0 Å². The molecule has 2 aliphatic rings. The largest absolute Gasteiger partial charge is 0.469 e. The lowest BCUT2D eigenvalue weighted by molar-refractivity contribution is 0.409.